The van der Waals surface area contributed by atoms with Crippen LogP contribution in [0.2, 0.25) is 5.02 Å². The first-order chi connectivity index (χ1) is 11.2. The van der Waals surface area contributed by atoms with Crippen LogP contribution in [0.4, 0.5) is 4.39 Å². The van der Waals surface area contributed by atoms with Gasteiger partial charge in [0, 0.05) is 34.3 Å². The molecule has 0 atom stereocenters. The largest absolute Gasteiger partial charge is 0.347 e. The van der Waals surface area contributed by atoms with E-state index in [9.17, 15) is 4.39 Å². The van der Waals surface area contributed by atoms with E-state index >= 15 is 0 Å². The highest BCUT2D eigenvalue weighted by Crippen LogP contribution is 2.38. The van der Waals surface area contributed by atoms with Gasteiger partial charge in [-0.2, -0.15) is 0 Å². The molecule has 3 rings (SSSR count). The molecule has 0 saturated heterocycles. The maximum Gasteiger partial charge on any atom is 0.126 e. The zero-order valence-electron chi connectivity index (χ0n) is 13.6. The molecule has 1 aliphatic rings. The van der Waals surface area contributed by atoms with E-state index in [2.05, 4.69) is 16.9 Å². The molecule has 0 bridgehead atoms. The van der Waals surface area contributed by atoms with Gasteiger partial charge in [0.05, 0.1) is 5.52 Å². The second kappa shape index (κ2) is 7.62. The molecule has 1 aromatic heterocycles. The summed E-state index contributed by atoms with van der Waals surface area (Å²) >= 11 is 6.32. The predicted molar refractivity (Wildman–Crippen MR) is 98.4 cm³/mol. The van der Waals surface area contributed by atoms with Crippen LogP contribution < -0.4 is 5.73 Å². The molecule has 0 unspecified atom stereocenters. The molecule has 2 nitrogen and oxygen atoms in total. The molecular weight excluding hydrogens is 311 g/mol. The molecule has 4 heteroatoms. The number of nitrogens with zero attached hydrogens (tertiary/aromatic N) is 1. The highest BCUT2D eigenvalue weighted by molar-refractivity contribution is 6.32. The maximum absolute atomic E-state index is 14.2. The first kappa shape index (κ1) is 17.5. The van der Waals surface area contributed by atoms with Crippen LogP contribution in [0.25, 0.3) is 16.5 Å². The molecule has 0 radical (unpaired) electrons. The summed E-state index contributed by atoms with van der Waals surface area (Å²) in [5.41, 5.74) is 8.29. The Morgan fingerprint density at radius 1 is 1.39 bits per heavy atom. The molecule has 0 spiro atoms. The zero-order chi connectivity index (χ0) is 17.0. The Kier molecular flexibility index (Phi) is 5.80. The molecule has 1 aliphatic heterocycles. The molecular formula is C19H22ClFN2. The lowest BCUT2D eigenvalue weighted by atomic mass is 9.99. The molecule has 0 fully saturated rings. The van der Waals surface area contributed by atoms with Gasteiger partial charge in [-0.3, -0.25) is 0 Å². The van der Waals surface area contributed by atoms with Crippen molar-refractivity contribution in [3.05, 3.63) is 65.1 Å². The molecule has 0 saturated carbocycles. The fourth-order valence-electron chi connectivity index (χ4n) is 3.07. The van der Waals surface area contributed by atoms with Crippen LogP contribution in [-0.2, 0) is 13.0 Å². The van der Waals surface area contributed by atoms with E-state index in [0.29, 0.717) is 5.57 Å². The minimum atomic E-state index is -0.232. The van der Waals surface area contributed by atoms with Gasteiger partial charge in [-0.25, -0.2) is 4.39 Å². The van der Waals surface area contributed by atoms with Crippen molar-refractivity contribution in [2.45, 2.75) is 26.3 Å². The number of halogens is 2. The van der Waals surface area contributed by atoms with Gasteiger partial charge in [-0.1, -0.05) is 42.5 Å². The molecule has 122 valence electrons. The van der Waals surface area contributed by atoms with Gasteiger partial charge in [-0.15, -0.1) is 0 Å². The van der Waals surface area contributed by atoms with Crippen LogP contribution in [0.1, 0.15) is 24.5 Å². The molecule has 1 aromatic carbocycles. The summed E-state index contributed by atoms with van der Waals surface area (Å²) in [5, 5.41) is 1.85. The average molecular weight is 333 g/mol. The quantitative estimate of drug-likeness (QED) is 0.764. The average Bonchev–Trinajstić information content (AvgIpc) is 2.97. The van der Waals surface area contributed by atoms with Crippen LogP contribution in [-0.4, -0.2) is 11.6 Å². The van der Waals surface area contributed by atoms with Crippen LogP contribution in [0.15, 0.2) is 49.0 Å². The Hall–Kier alpha value is -1.84. The SMILES string of the molecule is C=C/C=C(\C(F)=C/C)c1cn2c3c(c(Cl)ccc13)CCC2.CN. The van der Waals surface area contributed by atoms with Crippen molar-refractivity contribution in [1.82, 2.24) is 4.57 Å². The highest BCUT2D eigenvalue weighted by Gasteiger charge is 2.21. The molecule has 2 aromatic rings. The fourth-order valence-corrected chi connectivity index (χ4v) is 3.32. The maximum atomic E-state index is 14.2. The number of benzene rings is 1. The van der Waals surface area contributed by atoms with Crippen LogP contribution in [0.5, 0.6) is 0 Å². The lowest BCUT2D eigenvalue weighted by Crippen LogP contribution is -2.06. The minimum Gasteiger partial charge on any atom is -0.347 e. The molecule has 2 N–H and O–H groups in total. The van der Waals surface area contributed by atoms with E-state index in [0.717, 1.165) is 40.9 Å². The molecule has 23 heavy (non-hydrogen) atoms. The Bertz CT molecular complexity index is 784. The zero-order valence-corrected chi connectivity index (χ0v) is 14.3. The number of aryl methyl sites for hydroxylation is 2. The topological polar surface area (TPSA) is 30.9 Å². The van der Waals surface area contributed by atoms with Gasteiger partial charge in [-0.05, 0) is 38.4 Å². The van der Waals surface area contributed by atoms with Gasteiger partial charge in [0.25, 0.3) is 0 Å². The van der Waals surface area contributed by atoms with Crippen molar-refractivity contribution < 1.29 is 4.39 Å². The van der Waals surface area contributed by atoms with Gasteiger partial charge in [0.15, 0.2) is 0 Å². The van der Waals surface area contributed by atoms with Crippen molar-refractivity contribution >= 4 is 28.1 Å². The summed E-state index contributed by atoms with van der Waals surface area (Å²) in [6.45, 7) is 6.34. The van der Waals surface area contributed by atoms with E-state index < -0.39 is 0 Å². The molecule has 0 amide bonds. The summed E-state index contributed by atoms with van der Waals surface area (Å²) in [6, 6.07) is 3.90. The van der Waals surface area contributed by atoms with E-state index in [1.54, 1.807) is 19.1 Å². The van der Waals surface area contributed by atoms with E-state index in [1.807, 2.05) is 18.3 Å². The summed E-state index contributed by atoms with van der Waals surface area (Å²) in [7, 11) is 1.50. The third kappa shape index (κ3) is 3.12. The van der Waals surface area contributed by atoms with Crippen LogP contribution in [0.3, 0.4) is 0 Å². The summed E-state index contributed by atoms with van der Waals surface area (Å²) in [4.78, 5) is 0. The van der Waals surface area contributed by atoms with Gasteiger partial charge in [0.2, 0.25) is 0 Å². The number of aromatic nitrogens is 1. The number of hydrogen-bond donors (Lipinski definition) is 1. The first-order valence-corrected chi connectivity index (χ1v) is 8.08. The smallest absolute Gasteiger partial charge is 0.126 e. The van der Waals surface area contributed by atoms with Crippen molar-refractivity contribution in [2.75, 3.05) is 7.05 Å². The lowest BCUT2D eigenvalue weighted by Gasteiger charge is -2.16. The van der Waals surface area contributed by atoms with Gasteiger partial charge >= 0.3 is 0 Å². The number of allylic oxidation sites excluding steroid dienone is 5. The molecule has 0 aliphatic carbocycles. The lowest BCUT2D eigenvalue weighted by molar-refractivity contribution is 0.635. The van der Waals surface area contributed by atoms with Crippen LogP contribution in [0, 0.1) is 0 Å². The highest BCUT2D eigenvalue weighted by atomic mass is 35.5. The minimum absolute atomic E-state index is 0.232. The van der Waals surface area contributed by atoms with Crippen molar-refractivity contribution in [3.8, 4) is 0 Å². The van der Waals surface area contributed by atoms with Crippen LogP contribution >= 0.6 is 11.6 Å². The summed E-state index contributed by atoms with van der Waals surface area (Å²) < 4.78 is 16.4. The fraction of sp³-hybridized carbons (Fsp3) is 0.263. The Morgan fingerprint density at radius 3 is 2.78 bits per heavy atom. The molecule has 2 heterocycles. The van der Waals surface area contributed by atoms with Gasteiger partial charge < -0.3 is 10.3 Å². The third-order valence-corrected chi connectivity index (χ3v) is 4.35. The number of hydrogen-bond acceptors (Lipinski definition) is 1. The van der Waals surface area contributed by atoms with E-state index in [1.165, 1.54) is 18.7 Å². The number of nitrogens with two attached hydrogens (primary N) is 1. The van der Waals surface area contributed by atoms with Gasteiger partial charge in [0.1, 0.15) is 5.83 Å². The predicted octanol–water partition coefficient (Wildman–Crippen LogP) is 5.26. The van der Waals surface area contributed by atoms with E-state index in [4.69, 9.17) is 11.6 Å². The summed E-state index contributed by atoms with van der Waals surface area (Å²) in [6.07, 6.45) is 8.90. The Balaban J connectivity index is 0.000000924. The van der Waals surface area contributed by atoms with E-state index in [-0.39, 0.29) is 5.83 Å². The second-order valence-electron chi connectivity index (χ2n) is 5.21. The summed E-state index contributed by atoms with van der Waals surface area (Å²) in [5.74, 6) is -0.232. The van der Waals surface area contributed by atoms with Crippen molar-refractivity contribution in [1.29, 1.82) is 0 Å². The van der Waals surface area contributed by atoms with Crippen molar-refractivity contribution in [3.63, 3.8) is 0 Å². The second-order valence-corrected chi connectivity index (χ2v) is 5.62. The monoisotopic (exact) mass is 332 g/mol. The Morgan fingerprint density at radius 2 is 2.13 bits per heavy atom. The normalized spacial score (nSPS) is 14.5. The van der Waals surface area contributed by atoms with Crippen molar-refractivity contribution in [2.24, 2.45) is 5.73 Å². The standard InChI is InChI=1S/C18H17ClFN.CH5N/c1-3-6-12(17(20)4-2)15-11-21-10-5-7-14-16(19)9-8-13(15)18(14)21;1-2/h3-4,6,8-9,11H,1,5,7,10H2,2H3;2H2,1H3/b12-6-,17-4+;. The third-order valence-electron chi connectivity index (χ3n) is 4.00. The first-order valence-electron chi connectivity index (χ1n) is 7.70. The Labute approximate surface area is 141 Å². The number of rotatable bonds is 3.